The summed E-state index contributed by atoms with van der Waals surface area (Å²) in [6.45, 7) is 6.09. The Morgan fingerprint density at radius 3 is 2.48 bits per heavy atom. The van der Waals surface area contributed by atoms with Gasteiger partial charge in [-0.1, -0.05) is 24.3 Å². The van der Waals surface area contributed by atoms with Gasteiger partial charge in [0.05, 0.1) is 19.0 Å². The average Bonchev–Trinajstić information content (AvgIpc) is 3.02. The highest BCUT2D eigenvalue weighted by Gasteiger charge is 2.22. The van der Waals surface area contributed by atoms with E-state index in [4.69, 9.17) is 15.0 Å². The summed E-state index contributed by atoms with van der Waals surface area (Å²) >= 11 is 0. The molecule has 3 N–H and O–H groups in total. The van der Waals surface area contributed by atoms with Gasteiger partial charge < -0.3 is 20.3 Å². The summed E-state index contributed by atoms with van der Waals surface area (Å²) in [5, 5.41) is 0. The molecule has 9 heteroatoms. The van der Waals surface area contributed by atoms with Crippen molar-refractivity contribution in [1.29, 1.82) is 0 Å². The Hall–Kier alpha value is -2.46. The molecule has 0 unspecified atom stereocenters. The molecular weight excluding hydrogens is 442 g/mol. The number of rotatable bonds is 5. The van der Waals surface area contributed by atoms with E-state index in [9.17, 15) is 13.2 Å². The van der Waals surface area contributed by atoms with Gasteiger partial charge in [0.25, 0.3) is 10.1 Å². The van der Waals surface area contributed by atoms with E-state index in [1.807, 2.05) is 24.3 Å². The third kappa shape index (κ3) is 8.12. The van der Waals surface area contributed by atoms with E-state index in [0.717, 1.165) is 64.3 Å². The van der Waals surface area contributed by atoms with Crippen LogP contribution >= 0.6 is 0 Å². The van der Waals surface area contributed by atoms with Gasteiger partial charge in [-0.25, -0.2) is 0 Å². The van der Waals surface area contributed by atoms with E-state index in [2.05, 4.69) is 34.1 Å². The largest absolute Gasteiger partial charge is 0.373 e. The van der Waals surface area contributed by atoms with Crippen molar-refractivity contribution in [2.45, 2.75) is 25.4 Å². The van der Waals surface area contributed by atoms with Crippen LogP contribution in [0.4, 0.5) is 5.69 Å². The zero-order valence-corrected chi connectivity index (χ0v) is 19.8. The van der Waals surface area contributed by atoms with E-state index >= 15 is 0 Å². The van der Waals surface area contributed by atoms with E-state index in [-0.39, 0.29) is 12.0 Å². The summed E-state index contributed by atoms with van der Waals surface area (Å²) in [5.41, 5.74) is 9.89. The Balaban J connectivity index is 0.000000555. The molecule has 8 nitrogen and oxygen atoms in total. The van der Waals surface area contributed by atoms with E-state index < -0.39 is 10.1 Å². The molecule has 0 bridgehead atoms. The second-order valence-corrected chi connectivity index (χ2v) is 9.89. The molecule has 2 aromatic rings. The number of nitrogens with two attached hydrogens (primary N) is 1. The molecule has 1 saturated heterocycles. The predicted octanol–water partition coefficient (Wildman–Crippen LogP) is 2.51. The monoisotopic (exact) mass is 475 g/mol. The van der Waals surface area contributed by atoms with Crippen molar-refractivity contribution in [3.8, 4) is 0 Å². The van der Waals surface area contributed by atoms with Crippen LogP contribution in [0.3, 0.4) is 0 Å². The van der Waals surface area contributed by atoms with Gasteiger partial charge in [0, 0.05) is 37.4 Å². The van der Waals surface area contributed by atoms with E-state index in [0.29, 0.717) is 11.8 Å². The lowest BCUT2D eigenvalue weighted by atomic mass is 9.96. The highest BCUT2D eigenvalue weighted by atomic mass is 32.2. The first-order valence-corrected chi connectivity index (χ1v) is 13.0. The summed E-state index contributed by atoms with van der Waals surface area (Å²) in [6, 6.07) is 16.3. The quantitative estimate of drug-likeness (QED) is 0.639. The van der Waals surface area contributed by atoms with Crippen LogP contribution in [0.25, 0.3) is 0 Å². The van der Waals surface area contributed by atoms with Gasteiger partial charge >= 0.3 is 0 Å². The Kier molecular flexibility index (Phi) is 8.85. The van der Waals surface area contributed by atoms with Crippen LogP contribution in [0.15, 0.2) is 48.5 Å². The molecule has 2 aromatic carbocycles. The number of carbonyl (C=O) groups is 1. The van der Waals surface area contributed by atoms with Crippen molar-refractivity contribution in [2.24, 2.45) is 5.73 Å². The van der Waals surface area contributed by atoms with Crippen LogP contribution in [0, 0.1) is 0 Å². The molecule has 1 atom stereocenters. The molecule has 33 heavy (non-hydrogen) atoms. The highest BCUT2D eigenvalue weighted by molar-refractivity contribution is 7.85. The number of ether oxygens (including phenoxy) is 1. The Bertz CT molecular complexity index is 1020. The van der Waals surface area contributed by atoms with Crippen LogP contribution in [0.2, 0.25) is 0 Å². The van der Waals surface area contributed by atoms with Crippen LogP contribution in [-0.2, 0) is 21.3 Å². The molecule has 0 radical (unpaired) electrons. The molecule has 1 amide bonds. The van der Waals surface area contributed by atoms with Gasteiger partial charge in [0.1, 0.15) is 0 Å². The summed E-state index contributed by atoms with van der Waals surface area (Å²) < 4.78 is 31.9. The van der Waals surface area contributed by atoms with Gasteiger partial charge in [0.15, 0.2) is 0 Å². The lowest BCUT2D eigenvalue weighted by Gasteiger charge is -2.29. The van der Waals surface area contributed by atoms with E-state index in [1.165, 1.54) is 11.1 Å². The first-order chi connectivity index (χ1) is 15.7. The normalized spacial score (nSPS) is 19.1. The third-order valence-corrected chi connectivity index (χ3v) is 5.91. The van der Waals surface area contributed by atoms with Crippen molar-refractivity contribution in [3.05, 3.63) is 65.2 Å². The predicted molar refractivity (Wildman–Crippen MR) is 129 cm³/mol. The molecule has 0 aliphatic carbocycles. The fourth-order valence-corrected chi connectivity index (χ4v) is 4.30. The number of nitrogens with zero attached hydrogens (tertiary/aromatic N) is 2. The smallest absolute Gasteiger partial charge is 0.261 e. The number of hydrogen-bond acceptors (Lipinski definition) is 6. The molecule has 0 spiro atoms. The zero-order valence-electron chi connectivity index (χ0n) is 19.0. The number of primary amides is 1. The van der Waals surface area contributed by atoms with Crippen molar-refractivity contribution in [3.63, 3.8) is 0 Å². The lowest BCUT2D eigenvalue weighted by Crippen LogP contribution is -2.32. The molecule has 2 aliphatic rings. The number of fused-ring (bicyclic) bond motifs is 1. The zero-order chi connectivity index (χ0) is 23.8. The third-order valence-electron chi connectivity index (χ3n) is 5.91. The number of hydrogen-bond donors (Lipinski definition) is 2. The van der Waals surface area contributed by atoms with Crippen LogP contribution in [-0.4, -0.2) is 69.4 Å². The summed E-state index contributed by atoms with van der Waals surface area (Å²) in [7, 11) is -3.67. The molecule has 2 aliphatic heterocycles. The van der Waals surface area contributed by atoms with Gasteiger partial charge in [-0.15, -0.1) is 0 Å². The fourth-order valence-electron chi connectivity index (χ4n) is 4.30. The van der Waals surface area contributed by atoms with Gasteiger partial charge in [-0.05, 0) is 61.2 Å². The van der Waals surface area contributed by atoms with Crippen molar-refractivity contribution < 1.29 is 22.5 Å². The van der Waals surface area contributed by atoms with Crippen LogP contribution < -0.4 is 10.6 Å². The maximum absolute atomic E-state index is 11.3. The standard InChI is InChI=1S/C23H29N3O2.CH4O3S/c24-23(27)19-6-8-20(9-7-19)26-13-3-12-25(15-16-26)14-10-22-21-5-2-1-4-18(21)11-17-28-22;1-5(2,3)4/h1-2,4-9,22H,3,10-17H2,(H2,24,27);1H3,(H,2,3,4)/t22-;/m0./s1. The minimum atomic E-state index is -3.67. The summed E-state index contributed by atoms with van der Waals surface area (Å²) in [5.74, 6) is -0.375. The topological polar surface area (TPSA) is 113 Å². The van der Waals surface area contributed by atoms with Gasteiger partial charge in [-0.2, -0.15) is 8.42 Å². The molecule has 1 fully saturated rings. The lowest BCUT2D eigenvalue weighted by molar-refractivity contribution is 0.0297. The highest BCUT2D eigenvalue weighted by Crippen LogP contribution is 2.29. The second-order valence-electron chi connectivity index (χ2n) is 8.42. The Morgan fingerprint density at radius 2 is 1.79 bits per heavy atom. The SMILES string of the molecule is CS(=O)(=O)O.NC(=O)c1ccc(N2CCCN(CC[C@@H]3OCCc4ccccc43)CC2)cc1. The van der Waals surface area contributed by atoms with Gasteiger partial charge in [-0.3, -0.25) is 9.35 Å². The summed E-state index contributed by atoms with van der Waals surface area (Å²) in [6.07, 6.45) is 4.15. The molecule has 4 rings (SSSR count). The molecule has 0 saturated carbocycles. The Labute approximate surface area is 196 Å². The average molecular weight is 476 g/mol. The van der Waals surface area contributed by atoms with Crippen LogP contribution in [0.5, 0.6) is 0 Å². The number of anilines is 1. The number of carbonyl (C=O) groups excluding carboxylic acids is 1. The van der Waals surface area contributed by atoms with Gasteiger partial charge in [0.2, 0.25) is 5.91 Å². The summed E-state index contributed by atoms with van der Waals surface area (Å²) in [4.78, 5) is 16.2. The number of benzene rings is 2. The van der Waals surface area contributed by atoms with E-state index in [1.54, 1.807) is 0 Å². The van der Waals surface area contributed by atoms with Crippen molar-refractivity contribution in [1.82, 2.24) is 4.90 Å². The molecule has 180 valence electrons. The minimum Gasteiger partial charge on any atom is -0.373 e. The molecule has 0 aromatic heterocycles. The second kappa shape index (κ2) is 11.6. The first kappa shape index (κ1) is 25.2. The van der Waals surface area contributed by atoms with Crippen LogP contribution in [0.1, 0.15) is 40.4 Å². The maximum atomic E-state index is 11.3. The molecule has 2 heterocycles. The maximum Gasteiger partial charge on any atom is 0.261 e. The Morgan fingerprint density at radius 1 is 1.09 bits per heavy atom. The molecular formula is C24H33N3O5S. The number of amides is 1. The van der Waals surface area contributed by atoms with Crippen molar-refractivity contribution in [2.75, 3.05) is 50.5 Å². The first-order valence-electron chi connectivity index (χ1n) is 11.2. The minimum absolute atomic E-state index is 0.227. The van der Waals surface area contributed by atoms with Crippen molar-refractivity contribution >= 4 is 21.7 Å². The fraction of sp³-hybridized carbons (Fsp3) is 0.458.